The molecule has 1 saturated heterocycles. The van der Waals surface area contributed by atoms with E-state index in [-0.39, 0.29) is 24.4 Å². The van der Waals surface area contributed by atoms with Crippen molar-refractivity contribution in [2.45, 2.75) is 25.4 Å². The summed E-state index contributed by atoms with van der Waals surface area (Å²) in [4.78, 5) is 19.7. The van der Waals surface area contributed by atoms with E-state index in [1.807, 2.05) is 109 Å². The highest BCUT2D eigenvalue weighted by Crippen LogP contribution is 2.40. The lowest BCUT2D eigenvalue weighted by atomic mass is 10.0. The predicted molar refractivity (Wildman–Crippen MR) is 165 cm³/mol. The summed E-state index contributed by atoms with van der Waals surface area (Å²) in [5.41, 5.74) is 2.59. The van der Waals surface area contributed by atoms with Gasteiger partial charge in [0.15, 0.2) is 5.11 Å². The van der Waals surface area contributed by atoms with Crippen LogP contribution in [-0.2, 0) is 4.79 Å². The molecule has 1 fully saturated rings. The Kier molecular flexibility index (Phi) is 7.65. The van der Waals surface area contributed by atoms with E-state index in [0.717, 1.165) is 45.0 Å². The summed E-state index contributed by atoms with van der Waals surface area (Å²) in [7, 11) is 0. The Hall–Kier alpha value is -4.69. The van der Waals surface area contributed by atoms with E-state index in [2.05, 4.69) is 15.6 Å². The molecule has 2 aromatic heterocycles. The lowest BCUT2D eigenvalue weighted by Gasteiger charge is -2.26. The summed E-state index contributed by atoms with van der Waals surface area (Å²) >= 11 is 5.78. The summed E-state index contributed by atoms with van der Waals surface area (Å²) in [5.74, 6) is 2.22. The first-order chi connectivity index (χ1) is 20.1. The van der Waals surface area contributed by atoms with E-state index in [0.29, 0.717) is 18.3 Å². The minimum Gasteiger partial charge on any atom is -0.494 e. The number of carbonyl (C=O) groups excluding carboxylic acids is 1. The third-order valence-electron chi connectivity index (χ3n) is 7.21. The van der Waals surface area contributed by atoms with Crippen molar-refractivity contribution in [3.05, 3.63) is 115 Å². The van der Waals surface area contributed by atoms with Crippen LogP contribution >= 0.6 is 12.2 Å². The topological polar surface area (TPSA) is 79.6 Å². The van der Waals surface area contributed by atoms with Crippen LogP contribution in [0.5, 0.6) is 5.75 Å². The maximum Gasteiger partial charge on any atom is 0.226 e. The molecular weight excluding hydrogens is 532 g/mol. The maximum atomic E-state index is 13.1. The third kappa shape index (κ3) is 5.64. The second-order valence-electron chi connectivity index (χ2n) is 9.80. The summed E-state index contributed by atoms with van der Waals surface area (Å²) in [5, 5.41) is 9.15. The zero-order valence-electron chi connectivity index (χ0n) is 22.6. The standard InChI is InChI=1S/C33H30N4O3S/c1-2-39-24-15-13-23(14-16-24)28-17-18-29(40-28)32-31(27-11-5-6-20-34-27)36-33(41)37(32)21-19-30(38)35-26-12-7-9-22-8-3-4-10-25(22)26/h3-18,20,31-32H,2,19,21H2,1H3,(H,35,38)(H,36,41)/t31-,32+/m0/s1. The smallest absolute Gasteiger partial charge is 0.226 e. The first-order valence-electron chi connectivity index (χ1n) is 13.7. The number of carbonyl (C=O) groups is 1. The molecule has 3 aromatic carbocycles. The number of amides is 1. The van der Waals surface area contributed by atoms with Crippen LogP contribution in [0.15, 0.2) is 108 Å². The van der Waals surface area contributed by atoms with Gasteiger partial charge in [-0.05, 0) is 79.1 Å². The van der Waals surface area contributed by atoms with Gasteiger partial charge in [-0.25, -0.2) is 0 Å². The van der Waals surface area contributed by atoms with Gasteiger partial charge in [0.05, 0.1) is 18.3 Å². The molecule has 0 spiro atoms. The molecule has 7 nitrogen and oxygen atoms in total. The lowest BCUT2D eigenvalue weighted by Crippen LogP contribution is -2.32. The van der Waals surface area contributed by atoms with Crippen molar-refractivity contribution >= 4 is 39.7 Å². The fourth-order valence-corrected chi connectivity index (χ4v) is 5.61. The molecule has 206 valence electrons. The summed E-state index contributed by atoms with van der Waals surface area (Å²) in [6.45, 7) is 2.99. The number of rotatable bonds is 9. The molecule has 0 unspecified atom stereocenters. The van der Waals surface area contributed by atoms with Crippen LogP contribution in [0.25, 0.3) is 22.1 Å². The molecule has 2 N–H and O–H groups in total. The van der Waals surface area contributed by atoms with E-state index < -0.39 is 0 Å². The number of nitrogens with zero attached hydrogens (tertiary/aromatic N) is 2. The predicted octanol–water partition coefficient (Wildman–Crippen LogP) is 6.89. The van der Waals surface area contributed by atoms with Crippen LogP contribution in [0.2, 0.25) is 0 Å². The second-order valence-corrected chi connectivity index (χ2v) is 10.2. The van der Waals surface area contributed by atoms with Crippen molar-refractivity contribution in [3.63, 3.8) is 0 Å². The highest BCUT2D eigenvalue weighted by atomic mass is 32.1. The van der Waals surface area contributed by atoms with E-state index in [1.54, 1.807) is 6.20 Å². The molecule has 0 aliphatic carbocycles. The first-order valence-corrected chi connectivity index (χ1v) is 14.1. The lowest BCUT2D eigenvalue weighted by molar-refractivity contribution is -0.116. The number of hydrogen-bond donors (Lipinski definition) is 2. The summed E-state index contributed by atoms with van der Waals surface area (Å²) < 4.78 is 12.0. The zero-order chi connectivity index (χ0) is 28.2. The Balaban J connectivity index is 1.24. The van der Waals surface area contributed by atoms with E-state index in [1.165, 1.54) is 0 Å². The largest absolute Gasteiger partial charge is 0.494 e. The number of nitrogens with one attached hydrogen (secondary N) is 2. The zero-order valence-corrected chi connectivity index (χ0v) is 23.4. The van der Waals surface area contributed by atoms with Crippen LogP contribution in [0.1, 0.15) is 36.9 Å². The molecule has 0 bridgehead atoms. The van der Waals surface area contributed by atoms with Gasteiger partial charge in [0.1, 0.15) is 23.3 Å². The van der Waals surface area contributed by atoms with Gasteiger partial charge in [0.2, 0.25) is 5.91 Å². The van der Waals surface area contributed by atoms with Gasteiger partial charge < -0.3 is 24.7 Å². The fraction of sp³-hybridized carbons (Fsp3) is 0.182. The quantitative estimate of drug-likeness (QED) is 0.189. The van der Waals surface area contributed by atoms with Gasteiger partial charge in [-0.15, -0.1) is 0 Å². The fourth-order valence-electron chi connectivity index (χ4n) is 5.27. The number of hydrogen-bond acceptors (Lipinski definition) is 5. The number of aromatic nitrogens is 1. The van der Waals surface area contributed by atoms with Crippen molar-refractivity contribution < 1.29 is 13.9 Å². The van der Waals surface area contributed by atoms with Crippen molar-refractivity contribution in [2.75, 3.05) is 18.5 Å². The van der Waals surface area contributed by atoms with Gasteiger partial charge in [0.25, 0.3) is 0 Å². The number of anilines is 1. The Labute approximate surface area is 244 Å². The molecule has 1 aliphatic rings. The highest BCUT2D eigenvalue weighted by molar-refractivity contribution is 7.80. The number of pyridine rings is 1. The Morgan fingerprint density at radius 1 is 1.00 bits per heavy atom. The molecule has 1 aliphatic heterocycles. The number of fused-ring (bicyclic) bond motifs is 1. The van der Waals surface area contributed by atoms with Crippen LogP contribution < -0.4 is 15.4 Å². The Morgan fingerprint density at radius 3 is 2.61 bits per heavy atom. The molecule has 2 atom stereocenters. The number of furan rings is 1. The minimum atomic E-state index is -0.279. The molecule has 41 heavy (non-hydrogen) atoms. The van der Waals surface area contributed by atoms with Gasteiger partial charge in [0, 0.05) is 35.8 Å². The molecule has 3 heterocycles. The molecule has 0 radical (unpaired) electrons. The van der Waals surface area contributed by atoms with Crippen molar-refractivity contribution in [1.29, 1.82) is 0 Å². The number of benzene rings is 3. The van der Waals surface area contributed by atoms with Crippen LogP contribution in [0, 0.1) is 0 Å². The molecular formula is C33H30N4O3S. The van der Waals surface area contributed by atoms with Crippen molar-refractivity contribution in [1.82, 2.24) is 15.2 Å². The normalized spacial score (nSPS) is 16.5. The molecule has 1 amide bonds. The number of ether oxygens (including phenoxy) is 1. The Bertz CT molecular complexity index is 1660. The second kappa shape index (κ2) is 11.8. The SMILES string of the molecule is CCOc1ccc(-c2ccc([C@@H]3[C@H](c4ccccn4)NC(=S)N3CCC(=O)Nc3cccc4ccccc34)o2)cc1. The third-order valence-corrected chi connectivity index (χ3v) is 7.56. The summed E-state index contributed by atoms with van der Waals surface area (Å²) in [6.07, 6.45) is 2.02. The van der Waals surface area contributed by atoms with Gasteiger partial charge >= 0.3 is 0 Å². The minimum absolute atomic E-state index is 0.0845. The highest BCUT2D eigenvalue weighted by Gasteiger charge is 2.41. The molecule has 8 heteroatoms. The van der Waals surface area contributed by atoms with Crippen LogP contribution in [0.4, 0.5) is 5.69 Å². The van der Waals surface area contributed by atoms with E-state index >= 15 is 0 Å². The van der Waals surface area contributed by atoms with Crippen molar-refractivity contribution in [3.8, 4) is 17.1 Å². The average Bonchev–Trinajstić information content (AvgIpc) is 3.62. The molecule has 0 saturated carbocycles. The first kappa shape index (κ1) is 26.5. The van der Waals surface area contributed by atoms with Gasteiger partial charge in [-0.1, -0.05) is 42.5 Å². The van der Waals surface area contributed by atoms with E-state index in [9.17, 15) is 4.79 Å². The maximum absolute atomic E-state index is 13.1. The van der Waals surface area contributed by atoms with Crippen molar-refractivity contribution in [2.24, 2.45) is 0 Å². The van der Waals surface area contributed by atoms with Gasteiger partial charge in [-0.2, -0.15) is 0 Å². The molecule has 6 rings (SSSR count). The summed E-state index contributed by atoms with van der Waals surface area (Å²) in [6, 6.07) is 31.0. The molecule has 5 aromatic rings. The van der Waals surface area contributed by atoms with E-state index in [4.69, 9.17) is 21.4 Å². The number of thiocarbonyl (C=S) groups is 1. The van der Waals surface area contributed by atoms with Crippen LogP contribution in [0.3, 0.4) is 0 Å². The Morgan fingerprint density at radius 2 is 1.80 bits per heavy atom. The van der Waals surface area contributed by atoms with Crippen LogP contribution in [-0.4, -0.2) is 34.1 Å². The average molecular weight is 563 g/mol. The monoisotopic (exact) mass is 562 g/mol. The van der Waals surface area contributed by atoms with Gasteiger partial charge in [-0.3, -0.25) is 9.78 Å².